The highest BCUT2D eigenvalue weighted by molar-refractivity contribution is 5.92. The Morgan fingerprint density at radius 3 is 1.93 bits per heavy atom. The Bertz CT molecular complexity index is 538. The molecule has 0 rings (SSSR count). The van der Waals surface area contributed by atoms with Gasteiger partial charge in [0.15, 0.2) is 0 Å². The van der Waals surface area contributed by atoms with E-state index in [2.05, 4.69) is 16.0 Å². The van der Waals surface area contributed by atoms with Crippen molar-refractivity contribution in [3.05, 3.63) is 0 Å². The molecule has 0 heterocycles. The fourth-order valence-corrected chi connectivity index (χ4v) is 2.45. The van der Waals surface area contributed by atoms with Gasteiger partial charge in [-0.25, -0.2) is 4.79 Å². The van der Waals surface area contributed by atoms with Crippen LogP contribution in [0.3, 0.4) is 0 Å². The smallest absolute Gasteiger partial charge is 0.326 e. The summed E-state index contributed by atoms with van der Waals surface area (Å²) in [4.78, 5) is 47.6. The number of nitrogens with two attached hydrogens (primary N) is 2. The van der Waals surface area contributed by atoms with Gasteiger partial charge in [-0.1, -0.05) is 34.1 Å². The number of amides is 3. The van der Waals surface area contributed by atoms with Crippen LogP contribution in [0, 0.1) is 11.8 Å². The van der Waals surface area contributed by atoms with E-state index in [0.717, 1.165) is 6.42 Å². The number of carbonyl (C=O) groups excluding carboxylic acids is 3. The number of carbonyl (C=O) groups is 4. The van der Waals surface area contributed by atoms with E-state index in [-0.39, 0.29) is 11.8 Å². The molecule has 0 saturated carbocycles. The van der Waals surface area contributed by atoms with Crippen LogP contribution >= 0.6 is 0 Å². The zero-order chi connectivity index (χ0) is 21.9. The normalized spacial score (nSPS) is 14.3. The number of carboxylic acid groups (broad SMARTS) is 1. The minimum atomic E-state index is -1.15. The van der Waals surface area contributed by atoms with Gasteiger partial charge >= 0.3 is 5.97 Å². The fraction of sp³-hybridized carbons (Fsp3) is 0.778. The van der Waals surface area contributed by atoms with Crippen molar-refractivity contribution < 1.29 is 24.3 Å². The predicted molar refractivity (Wildman–Crippen MR) is 105 cm³/mol. The van der Waals surface area contributed by atoms with E-state index in [1.54, 1.807) is 27.7 Å². The molecule has 0 fully saturated rings. The van der Waals surface area contributed by atoms with Crippen molar-refractivity contribution in [3.63, 3.8) is 0 Å². The summed E-state index contributed by atoms with van der Waals surface area (Å²) in [5.41, 5.74) is 11.2. The van der Waals surface area contributed by atoms with Crippen molar-refractivity contribution >= 4 is 23.7 Å². The molecule has 28 heavy (non-hydrogen) atoms. The molecule has 162 valence electrons. The summed E-state index contributed by atoms with van der Waals surface area (Å²) < 4.78 is 0. The number of aliphatic carboxylic acids is 1. The summed E-state index contributed by atoms with van der Waals surface area (Å²) in [6, 6.07) is -2.65. The fourth-order valence-electron chi connectivity index (χ4n) is 2.45. The van der Waals surface area contributed by atoms with Crippen molar-refractivity contribution in [2.24, 2.45) is 23.3 Å². The highest BCUT2D eigenvalue weighted by Crippen LogP contribution is 2.05. The van der Waals surface area contributed by atoms with Crippen molar-refractivity contribution in [2.45, 2.75) is 65.1 Å². The van der Waals surface area contributed by atoms with Gasteiger partial charge in [0.25, 0.3) is 0 Å². The molecule has 10 heteroatoms. The molecular formula is C18H35N5O5. The lowest BCUT2D eigenvalue weighted by molar-refractivity contribution is -0.143. The molecule has 3 atom stereocenters. The third-order valence-corrected chi connectivity index (χ3v) is 4.23. The lowest BCUT2D eigenvalue weighted by atomic mass is 10.0. The van der Waals surface area contributed by atoms with Gasteiger partial charge in [-0.15, -0.1) is 0 Å². The van der Waals surface area contributed by atoms with E-state index in [1.165, 1.54) is 0 Å². The lowest BCUT2D eigenvalue weighted by Gasteiger charge is -2.24. The number of rotatable bonds is 13. The Labute approximate surface area is 166 Å². The molecule has 0 radical (unpaired) electrons. The second-order valence-electron chi connectivity index (χ2n) is 7.47. The Kier molecular flexibility index (Phi) is 12.0. The summed E-state index contributed by atoms with van der Waals surface area (Å²) in [7, 11) is 0. The highest BCUT2D eigenvalue weighted by Gasteiger charge is 2.27. The summed E-state index contributed by atoms with van der Waals surface area (Å²) in [5, 5.41) is 16.5. The topological polar surface area (TPSA) is 177 Å². The molecule has 0 aliphatic rings. The summed E-state index contributed by atoms with van der Waals surface area (Å²) >= 11 is 0. The molecule has 0 aromatic rings. The molecule has 10 nitrogen and oxygen atoms in total. The maximum atomic E-state index is 12.4. The van der Waals surface area contributed by atoms with E-state index in [9.17, 15) is 19.2 Å². The van der Waals surface area contributed by atoms with Crippen LogP contribution in [0.2, 0.25) is 0 Å². The molecule has 0 aliphatic carbocycles. The monoisotopic (exact) mass is 401 g/mol. The van der Waals surface area contributed by atoms with Crippen molar-refractivity contribution in [1.82, 2.24) is 16.0 Å². The molecular weight excluding hydrogens is 366 g/mol. The van der Waals surface area contributed by atoms with Gasteiger partial charge in [0, 0.05) is 0 Å². The second-order valence-corrected chi connectivity index (χ2v) is 7.47. The van der Waals surface area contributed by atoms with Crippen molar-refractivity contribution in [3.8, 4) is 0 Å². The first-order valence-electron chi connectivity index (χ1n) is 9.57. The van der Waals surface area contributed by atoms with Gasteiger partial charge in [-0.05, 0) is 31.2 Å². The van der Waals surface area contributed by atoms with E-state index < -0.39 is 48.4 Å². The molecule has 3 amide bonds. The van der Waals surface area contributed by atoms with Crippen LogP contribution in [0.4, 0.5) is 0 Å². The van der Waals surface area contributed by atoms with E-state index in [4.69, 9.17) is 16.6 Å². The first kappa shape index (κ1) is 25.8. The molecule has 0 aromatic heterocycles. The zero-order valence-corrected chi connectivity index (χ0v) is 17.2. The average molecular weight is 402 g/mol. The Balaban J connectivity index is 4.68. The van der Waals surface area contributed by atoms with Crippen LogP contribution in [0.1, 0.15) is 47.0 Å². The number of unbranched alkanes of at least 4 members (excludes halogenated alkanes) is 1. The Morgan fingerprint density at radius 2 is 1.46 bits per heavy atom. The molecule has 0 spiro atoms. The SMILES string of the molecule is CC(C)C(NC(=O)CNC(=O)C(NC(=O)C(N)CCCCN)C(C)C)C(=O)O. The number of hydrogen-bond acceptors (Lipinski definition) is 6. The molecule has 0 bridgehead atoms. The Hall–Kier alpha value is -2.20. The summed E-state index contributed by atoms with van der Waals surface area (Å²) in [6.45, 7) is 6.97. The molecule has 0 aromatic carbocycles. The first-order chi connectivity index (χ1) is 13.0. The maximum absolute atomic E-state index is 12.4. The molecule has 0 aliphatic heterocycles. The number of nitrogens with one attached hydrogen (secondary N) is 3. The number of hydrogen-bond donors (Lipinski definition) is 6. The van der Waals surface area contributed by atoms with Crippen molar-refractivity contribution in [2.75, 3.05) is 13.1 Å². The number of carboxylic acids is 1. The third-order valence-electron chi connectivity index (χ3n) is 4.23. The molecule has 8 N–H and O–H groups in total. The van der Waals surface area contributed by atoms with E-state index in [0.29, 0.717) is 19.4 Å². The second kappa shape index (κ2) is 13.1. The van der Waals surface area contributed by atoms with Crippen LogP contribution < -0.4 is 27.4 Å². The molecule has 3 unspecified atom stereocenters. The van der Waals surface area contributed by atoms with Crippen LogP contribution in [0.25, 0.3) is 0 Å². The van der Waals surface area contributed by atoms with Crippen LogP contribution in [-0.4, -0.2) is 60.0 Å². The zero-order valence-electron chi connectivity index (χ0n) is 17.2. The van der Waals surface area contributed by atoms with Gasteiger partial charge < -0.3 is 32.5 Å². The van der Waals surface area contributed by atoms with Gasteiger partial charge in [-0.3, -0.25) is 14.4 Å². The average Bonchev–Trinajstić information content (AvgIpc) is 2.61. The minimum absolute atomic E-state index is 0.231. The summed E-state index contributed by atoms with van der Waals surface area (Å²) in [6.07, 6.45) is 1.94. The van der Waals surface area contributed by atoms with Gasteiger partial charge in [0.2, 0.25) is 17.7 Å². The van der Waals surface area contributed by atoms with Crippen LogP contribution in [0.5, 0.6) is 0 Å². The lowest BCUT2D eigenvalue weighted by Crippen LogP contribution is -2.55. The van der Waals surface area contributed by atoms with Crippen molar-refractivity contribution in [1.29, 1.82) is 0 Å². The highest BCUT2D eigenvalue weighted by atomic mass is 16.4. The minimum Gasteiger partial charge on any atom is -0.480 e. The Morgan fingerprint density at radius 1 is 0.893 bits per heavy atom. The van der Waals surface area contributed by atoms with Gasteiger partial charge in [0.05, 0.1) is 12.6 Å². The third kappa shape index (κ3) is 9.65. The van der Waals surface area contributed by atoms with E-state index >= 15 is 0 Å². The van der Waals surface area contributed by atoms with Crippen LogP contribution in [-0.2, 0) is 19.2 Å². The standard InChI is InChI=1S/C18H35N5O5/c1-10(2)14(23-16(25)12(20)7-5-6-8-19)17(26)21-9-13(24)22-15(11(3)4)18(27)28/h10-12,14-15H,5-9,19-20H2,1-4H3,(H,21,26)(H,22,24)(H,23,25)(H,27,28). The molecule has 0 saturated heterocycles. The quantitative estimate of drug-likeness (QED) is 0.213. The predicted octanol–water partition coefficient (Wildman–Crippen LogP) is -1.07. The van der Waals surface area contributed by atoms with E-state index in [1.807, 2.05) is 0 Å². The maximum Gasteiger partial charge on any atom is 0.326 e. The van der Waals surface area contributed by atoms with Crippen LogP contribution in [0.15, 0.2) is 0 Å². The summed E-state index contributed by atoms with van der Waals surface area (Å²) in [5.74, 6) is -3.29. The van der Waals surface area contributed by atoms with Gasteiger partial charge in [-0.2, -0.15) is 0 Å². The largest absolute Gasteiger partial charge is 0.480 e. The van der Waals surface area contributed by atoms with Gasteiger partial charge in [0.1, 0.15) is 12.1 Å². The first-order valence-corrected chi connectivity index (χ1v) is 9.57.